The summed E-state index contributed by atoms with van der Waals surface area (Å²) in [6, 6.07) is 8.60. The number of nitrogens with zero attached hydrogens (tertiary/aromatic N) is 1. The third-order valence-electron chi connectivity index (χ3n) is 5.29. The molecule has 31 heavy (non-hydrogen) atoms. The first-order valence-corrected chi connectivity index (χ1v) is 10.6. The van der Waals surface area contributed by atoms with Gasteiger partial charge in [0, 0.05) is 18.7 Å². The summed E-state index contributed by atoms with van der Waals surface area (Å²) in [7, 11) is 0. The van der Waals surface area contributed by atoms with E-state index in [1.807, 2.05) is 6.92 Å². The largest absolute Gasteiger partial charge is 0.447 e. The van der Waals surface area contributed by atoms with E-state index in [1.165, 1.54) is 11.3 Å². The van der Waals surface area contributed by atoms with Crippen LogP contribution in [0.1, 0.15) is 26.5 Å². The molecule has 4 rings (SSSR count). The third kappa shape index (κ3) is 4.13. The van der Waals surface area contributed by atoms with Crippen molar-refractivity contribution in [1.82, 2.24) is 5.32 Å². The van der Waals surface area contributed by atoms with Gasteiger partial charge in [-0.15, -0.1) is 17.8 Å². The summed E-state index contributed by atoms with van der Waals surface area (Å²) in [5.41, 5.74) is 0.931. The first-order valence-electron chi connectivity index (χ1n) is 9.75. The van der Waals surface area contributed by atoms with Crippen LogP contribution in [0, 0.1) is 19.3 Å². The standard InChI is InChI=1S/C22H21N3O5S/c1-3-16-5-7-18(31-16)19(26)24-22(8-10-29-13-22)20(27)23-15-4-6-17(14(2)12-15)25-9-11-30-21(25)28/h1,4-7,12H,8-11,13H2,2H3,(H,23,27)(H,24,26). The maximum atomic E-state index is 13.2. The highest BCUT2D eigenvalue weighted by atomic mass is 32.1. The van der Waals surface area contributed by atoms with Crippen LogP contribution in [0.5, 0.6) is 0 Å². The molecule has 1 aromatic carbocycles. The number of hydrogen-bond acceptors (Lipinski definition) is 6. The van der Waals surface area contributed by atoms with E-state index in [0.29, 0.717) is 41.6 Å². The van der Waals surface area contributed by atoms with Crippen molar-refractivity contribution >= 4 is 40.6 Å². The molecular weight excluding hydrogens is 418 g/mol. The van der Waals surface area contributed by atoms with E-state index in [-0.39, 0.29) is 24.5 Å². The van der Waals surface area contributed by atoms with Gasteiger partial charge in [-0.25, -0.2) is 4.79 Å². The van der Waals surface area contributed by atoms with Crippen LogP contribution in [0.15, 0.2) is 30.3 Å². The highest BCUT2D eigenvalue weighted by molar-refractivity contribution is 7.14. The number of cyclic esters (lactones) is 1. The Balaban J connectivity index is 1.50. The lowest BCUT2D eigenvalue weighted by Crippen LogP contribution is -2.57. The number of terminal acetylenes is 1. The zero-order valence-electron chi connectivity index (χ0n) is 16.9. The lowest BCUT2D eigenvalue weighted by Gasteiger charge is -2.27. The van der Waals surface area contributed by atoms with E-state index < -0.39 is 5.54 Å². The fourth-order valence-electron chi connectivity index (χ4n) is 3.61. The molecule has 0 aliphatic carbocycles. The van der Waals surface area contributed by atoms with Crippen molar-refractivity contribution in [3.63, 3.8) is 0 Å². The molecule has 2 aromatic rings. The van der Waals surface area contributed by atoms with Gasteiger partial charge in [0.1, 0.15) is 12.1 Å². The molecule has 0 bridgehead atoms. The highest BCUT2D eigenvalue weighted by Crippen LogP contribution is 2.28. The van der Waals surface area contributed by atoms with Crippen molar-refractivity contribution in [3.05, 3.63) is 45.6 Å². The van der Waals surface area contributed by atoms with Gasteiger partial charge in [0.25, 0.3) is 11.8 Å². The molecule has 2 aliphatic rings. The highest BCUT2D eigenvalue weighted by Gasteiger charge is 2.44. The number of carbonyl (C=O) groups excluding carboxylic acids is 3. The molecule has 3 heterocycles. The molecule has 1 unspecified atom stereocenters. The fourth-order valence-corrected chi connectivity index (χ4v) is 4.33. The zero-order valence-corrected chi connectivity index (χ0v) is 17.7. The molecule has 2 N–H and O–H groups in total. The molecule has 2 aliphatic heterocycles. The Hall–Kier alpha value is -3.35. The third-order valence-corrected chi connectivity index (χ3v) is 6.30. The molecule has 1 atom stereocenters. The van der Waals surface area contributed by atoms with Crippen LogP contribution in [-0.2, 0) is 14.3 Å². The summed E-state index contributed by atoms with van der Waals surface area (Å²) >= 11 is 1.19. The minimum atomic E-state index is -1.18. The Bertz CT molecular complexity index is 1080. The Morgan fingerprint density at radius 2 is 2.10 bits per heavy atom. The quantitative estimate of drug-likeness (QED) is 0.698. The van der Waals surface area contributed by atoms with Gasteiger partial charge in [-0.1, -0.05) is 5.92 Å². The van der Waals surface area contributed by atoms with E-state index >= 15 is 0 Å². The number of carbonyl (C=O) groups is 3. The normalized spacial score (nSPS) is 20.3. The molecule has 0 saturated carbocycles. The average Bonchev–Trinajstić information content (AvgIpc) is 3.49. The number of amides is 3. The number of anilines is 2. The molecule has 2 saturated heterocycles. The summed E-state index contributed by atoms with van der Waals surface area (Å²) in [5, 5.41) is 5.71. The smallest absolute Gasteiger partial charge is 0.414 e. The maximum absolute atomic E-state index is 13.2. The summed E-state index contributed by atoms with van der Waals surface area (Å²) in [4.78, 5) is 40.3. The Kier molecular flexibility index (Phi) is 5.67. The van der Waals surface area contributed by atoms with Crippen LogP contribution in [0.2, 0.25) is 0 Å². The maximum Gasteiger partial charge on any atom is 0.414 e. The van der Waals surface area contributed by atoms with Crippen molar-refractivity contribution in [2.75, 3.05) is 36.6 Å². The molecular formula is C22H21N3O5S. The summed E-state index contributed by atoms with van der Waals surface area (Å²) in [6.45, 7) is 3.14. The molecule has 9 heteroatoms. The topological polar surface area (TPSA) is 97.0 Å². The monoisotopic (exact) mass is 439 g/mol. The van der Waals surface area contributed by atoms with Crippen LogP contribution in [0.25, 0.3) is 0 Å². The van der Waals surface area contributed by atoms with Crippen molar-refractivity contribution in [2.24, 2.45) is 0 Å². The van der Waals surface area contributed by atoms with Gasteiger partial charge in [-0.2, -0.15) is 0 Å². The van der Waals surface area contributed by atoms with Gasteiger partial charge in [0.2, 0.25) is 0 Å². The molecule has 8 nitrogen and oxygen atoms in total. The summed E-state index contributed by atoms with van der Waals surface area (Å²) in [6.07, 6.45) is 5.35. The lowest BCUT2D eigenvalue weighted by molar-refractivity contribution is -0.122. The number of nitrogens with one attached hydrogen (secondary N) is 2. The number of aryl methyl sites for hydroxylation is 1. The summed E-state index contributed by atoms with van der Waals surface area (Å²) < 4.78 is 10.4. The van der Waals surface area contributed by atoms with Crippen molar-refractivity contribution < 1.29 is 23.9 Å². The Morgan fingerprint density at radius 3 is 2.71 bits per heavy atom. The SMILES string of the molecule is C#Cc1ccc(C(=O)NC2(C(=O)Nc3ccc(N4CCOC4=O)c(C)c3)CCOC2)s1. The number of hydrogen-bond donors (Lipinski definition) is 2. The van der Waals surface area contributed by atoms with Crippen LogP contribution in [0.3, 0.4) is 0 Å². The first kappa shape index (κ1) is 20.9. The van der Waals surface area contributed by atoms with Gasteiger partial charge in [-0.3, -0.25) is 14.5 Å². The minimum absolute atomic E-state index is 0.0780. The molecule has 0 radical (unpaired) electrons. The zero-order chi connectivity index (χ0) is 22.0. The lowest BCUT2D eigenvalue weighted by atomic mass is 9.96. The van der Waals surface area contributed by atoms with Crippen LogP contribution < -0.4 is 15.5 Å². The van der Waals surface area contributed by atoms with Crippen molar-refractivity contribution in [3.8, 4) is 12.3 Å². The van der Waals surface area contributed by atoms with Crippen molar-refractivity contribution in [1.29, 1.82) is 0 Å². The predicted octanol–water partition coefficient (Wildman–Crippen LogP) is 2.52. The van der Waals surface area contributed by atoms with E-state index in [4.69, 9.17) is 15.9 Å². The average molecular weight is 439 g/mol. The summed E-state index contributed by atoms with van der Waals surface area (Å²) in [5.74, 6) is 1.77. The minimum Gasteiger partial charge on any atom is -0.447 e. The first-order chi connectivity index (χ1) is 14.9. The van der Waals surface area contributed by atoms with Gasteiger partial charge in [0.15, 0.2) is 0 Å². The second-order valence-corrected chi connectivity index (χ2v) is 8.45. The van der Waals surface area contributed by atoms with E-state index in [9.17, 15) is 14.4 Å². The fraction of sp³-hybridized carbons (Fsp3) is 0.318. The number of benzene rings is 1. The van der Waals surface area contributed by atoms with E-state index in [0.717, 1.165) is 11.3 Å². The second-order valence-electron chi connectivity index (χ2n) is 7.37. The van der Waals surface area contributed by atoms with Crippen LogP contribution in [0.4, 0.5) is 16.2 Å². The van der Waals surface area contributed by atoms with Gasteiger partial charge < -0.3 is 20.1 Å². The number of thiophene rings is 1. The van der Waals surface area contributed by atoms with Crippen molar-refractivity contribution in [2.45, 2.75) is 18.9 Å². The van der Waals surface area contributed by atoms with Gasteiger partial charge in [0.05, 0.1) is 28.6 Å². The molecule has 2 fully saturated rings. The second kappa shape index (κ2) is 8.41. The number of rotatable bonds is 5. The molecule has 0 spiro atoms. The van der Waals surface area contributed by atoms with Gasteiger partial charge >= 0.3 is 6.09 Å². The predicted molar refractivity (Wildman–Crippen MR) is 116 cm³/mol. The number of ether oxygens (including phenoxy) is 2. The van der Waals surface area contributed by atoms with E-state index in [2.05, 4.69) is 16.6 Å². The molecule has 3 amide bonds. The van der Waals surface area contributed by atoms with Crippen LogP contribution >= 0.6 is 11.3 Å². The van der Waals surface area contributed by atoms with E-state index in [1.54, 1.807) is 35.2 Å². The molecule has 160 valence electrons. The van der Waals surface area contributed by atoms with Crippen LogP contribution in [-0.4, -0.2) is 49.8 Å². The Labute approximate surface area is 183 Å². The molecule has 1 aromatic heterocycles. The van der Waals surface area contributed by atoms with Gasteiger partial charge in [-0.05, 0) is 42.8 Å². The Morgan fingerprint density at radius 1 is 1.26 bits per heavy atom.